The summed E-state index contributed by atoms with van der Waals surface area (Å²) < 4.78 is 6.41. The van der Waals surface area contributed by atoms with Gasteiger partial charge in [0.25, 0.3) is 5.56 Å². The topological polar surface area (TPSA) is 84.4 Å². The standard InChI is InChI=1S/C24H27N3O4S/c1-14-5-3-6-15(11-14)22(28)26-10-9-18-19(13-26)32-21-20(18)23(29)27(24(30)25-21)16-7-4-8-17(12-16)31-2/h4,7-8,12,14-15H,3,5-6,9-11,13H2,1-2H3,(H,25,30)/t14-,15+/m0/s1. The van der Waals surface area contributed by atoms with Gasteiger partial charge >= 0.3 is 5.69 Å². The SMILES string of the molecule is COc1cccc(-n2c(=O)[nH]c3sc4c(c3c2=O)CCN(C(=O)[C@@H]2CCC[C@H](C)C2)C4)c1. The van der Waals surface area contributed by atoms with E-state index < -0.39 is 5.69 Å². The van der Waals surface area contributed by atoms with Crippen LogP contribution in [0.25, 0.3) is 15.9 Å². The van der Waals surface area contributed by atoms with Gasteiger partial charge in [-0.05, 0) is 42.9 Å². The lowest BCUT2D eigenvalue weighted by Gasteiger charge is -2.33. The number of amides is 1. The number of methoxy groups -OCH3 is 1. The number of hydrogen-bond acceptors (Lipinski definition) is 5. The number of aromatic nitrogens is 2. The minimum absolute atomic E-state index is 0.111. The van der Waals surface area contributed by atoms with Crippen LogP contribution in [-0.4, -0.2) is 34.0 Å². The van der Waals surface area contributed by atoms with E-state index in [1.54, 1.807) is 31.4 Å². The van der Waals surface area contributed by atoms with E-state index in [1.807, 2.05) is 4.90 Å². The molecule has 0 radical (unpaired) electrons. The molecule has 0 unspecified atom stereocenters. The van der Waals surface area contributed by atoms with Crippen molar-refractivity contribution in [2.45, 2.75) is 45.6 Å². The zero-order chi connectivity index (χ0) is 22.4. The van der Waals surface area contributed by atoms with Gasteiger partial charge in [0.05, 0.1) is 24.7 Å². The summed E-state index contributed by atoms with van der Waals surface area (Å²) >= 11 is 1.42. The normalized spacial score (nSPS) is 20.9. The van der Waals surface area contributed by atoms with Crippen LogP contribution in [0.1, 0.15) is 43.0 Å². The first-order valence-corrected chi connectivity index (χ1v) is 12.0. The second kappa shape index (κ2) is 8.24. The number of benzene rings is 1. The Bertz CT molecular complexity index is 1300. The molecule has 3 heterocycles. The van der Waals surface area contributed by atoms with Crippen molar-refractivity contribution in [3.05, 3.63) is 55.5 Å². The summed E-state index contributed by atoms with van der Waals surface area (Å²) in [5.74, 6) is 1.52. The van der Waals surface area contributed by atoms with Crippen molar-refractivity contribution in [2.24, 2.45) is 11.8 Å². The van der Waals surface area contributed by atoms with Crippen LogP contribution in [0, 0.1) is 11.8 Å². The van der Waals surface area contributed by atoms with Crippen LogP contribution in [0.3, 0.4) is 0 Å². The number of rotatable bonds is 3. The molecule has 3 aromatic rings. The molecule has 2 atom stereocenters. The van der Waals surface area contributed by atoms with Gasteiger partial charge in [0.2, 0.25) is 5.91 Å². The lowest BCUT2D eigenvalue weighted by atomic mass is 9.81. The van der Waals surface area contributed by atoms with Crippen LogP contribution < -0.4 is 16.0 Å². The largest absolute Gasteiger partial charge is 0.497 e. The molecule has 1 fully saturated rings. The number of thiophene rings is 1. The Kier molecular flexibility index (Phi) is 5.41. The molecule has 1 aliphatic carbocycles. The van der Waals surface area contributed by atoms with E-state index in [0.29, 0.717) is 47.1 Å². The van der Waals surface area contributed by atoms with E-state index in [-0.39, 0.29) is 17.4 Å². The summed E-state index contributed by atoms with van der Waals surface area (Å²) in [5.41, 5.74) is 0.634. The summed E-state index contributed by atoms with van der Waals surface area (Å²) in [6.07, 6.45) is 4.88. The summed E-state index contributed by atoms with van der Waals surface area (Å²) in [7, 11) is 1.55. The average molecular weight is 454 g/mol. The van der Waals surface area contributed by atoms with Gasteiger partial charge in [0.1, 0.15) is 10.6 Å². The van der Waals surface area contributed by atoms with Gasteiger partial charge in [0, 0.05) is 23.4 Å². The molecule has 1 saturated carbocycles. The van der Waals surface area contributed by atoms with Crippen LogP contribution in [0.15, 0.2) is 33.9 Å². The maximum Gasteiger partial charge on any atom is 0.334 e. The van der Waals surface area contributed by atoms with Crippen molar-refractivity contribution in [3.8, 4) is 11.4 Å². The van der Waals surface area contributed by atoms with E-state index >= 15 is 0 Å². The molecule has 5 rings (SSSR count). The van der Waals surface area contributed by atoms with Gasteiger partial charge in [-0.2, -0.15) is 0 Å². The Morgan fingerprint density at radius 2 is 2.09 bits per heavy atom. The van der Waals surface area contributed by atoms with Gasteiger partial charge < -0.3 is 9.64 Å². The molecule has 32 heavy (non-hydrogen) atoms. The first kappa shape index (κ1) is 21.0. The smallest absolute Gasteiger partial charge is 0.334 e. The number of carbonyl (C=O) groups is 1. The van der Waals surface area contributed by atoms with Crippen molar-refractivity contribution in [2.75, 3.05) is 13.7 Å². The van der Waals surface area contributed by atoms with E-state index in [4.69, 9.17) is 4.74 Å². The van der Waals surface area contributed by atoms with Gasteiger partial charge in [-0.25, -0.2) is 9.36 Å². The van der Waals surface area contributed by atoms with Crippen molar-refractivity contribution in [3.63, 3.8) is 0 Å². The van der Waals surface area contributed by atoms with Crippen LogP contribution in [-0.2, 0) is 17.8 Å². The molecule has 1 amide bonds. The summed E-state index contributed by atoms with van der Waals surface area (Å²) in [5, 5.41) is 0.561. The molecule has 0 spiro atoms. The fraction of sp³-hybridized carbons (Fsp3) is 0.458. The number of aromatic amines is 1. The minimum Gasteiger partial charge on any atom is -0.497 e. The molecule has 2 aliphatic rings. The summed E-state index contributed by atoms with van der Waals surface area (Å²) in [6, 6.07) is 6.91. The number of ether oxygens (including phenoxy) is 1. The van der Waals surface area contributed by atoms with Crippen LogP contribution in [0.4, 0.5) is 0 Å². The zero-order valence-corrected chi connectivity index (χ0v) is 19.2. The molecule has 1 N–H and O–H groups in total. The van der Waals surface area contributed by atoms with E-state index in [9.17, 15) is 14.4 Å². The van der Waals surface area contributed by atoms with Crippen molar-refractivity contribution in [1.82, 2.24) is 14.5 Å². The third-order valence-electron chi connectivity index (χ3n) is 6.81. The number of nitrogens with zero attached hydrogens (tertiary/aromatic N) is 2. The highest BCUT2D eigenvalue weighted by atomic mass is 32.1. The van der Waals surface area contributed by atoms with E-state index in [1.165, 1.54) is 22.3 Å². The highest BCUT2D eigenvalue weighted by molar-refractivity contribution is 7.18. The lowest BCUT2D eigenvalue weighted by Crippen LogP contribution is -2.41. The molecule has 7 nitrogen and oxygen atoms in total. The average Bonchev–Trinajstić information content (AvgIpc) is 3.16. The van der Waals surface area contributed by atoms with Crippen LogP contribution in [0.2, 0.25) is 0 Å². The molecule has 1 aromatic carbocycles. The third-order valence-corrected chi connectivity index (χ3v) is 7.94. The van der Waals surface area contributed by atoms with Crippen molar-refractivity contribution in [1.29, 1.82) is 0 Å². The number of nitrogens with one attached hydrogen (secondary N) is 1. The second-order valence-electron chi connectivity index (χ2n) is 8.96. The minimum atomic E-state index is -0.474. The molecule has 168 valence electrons. The van der Waals surface area contributed by atoms with E-state index in [2.05, 4.69) is 11.9 Å². The van der Waals surface area contributed by atoms with Crippen molar-refractivity contribution >= 4 is 27.5 Å². The molecule has 0 bridgehead atoms. The highest BCUT2D eigenvalue weighted by Gasteiger charge is 2.32. The Balaban J connectivity index is 1.51. The maximum atomic E-state index is 13.4. The number of H-pyrrole nitrogens is 1. The van der Waals surface area contributed by atoms with Gasteiger partial charge in [0.15, 0.2) is 0 Å². The summed E-state index contributed by atoms with van der Waals surface area (Å²) in [6.45, 7) is 3.35. The van der Waals surface area contributed by atoms with Crippen LogP contribution in [0.5, 0.6) is 5.75 Å². The molecular weight excluding hydrogens is 426 g/mol. The molecular formula is C24H27N3O4S. The first-order chi connectivity index (χ1) is 15.5. The van der Waals surface area contributed by atoms with Crippen molar-refractivity contribution < 1.29 is 9.53 Å². The Morgan fingerprint density at radius 3 is 2.88 bits per heavy atom. The second-order valence-corrected chi connectivity index (χ2v) is 10.1. The fourth-order valence-electron chi connectivity index (χ4n) is 5.16. The Hall–Kier alpha value is -2.87. The van der Waals surface area contributed by atoms with Gasteiger partial charge in [-0.15, -0.1) is 11.3 Å². The maximum absolute atomic E-state index is 13.4. The molecule has 8 heteroatoms. The monoisotopic (exact) mass is 453 g/mol. The predicted octanol–water partition coefficient (Wildman–Crippen LogP) is 3.46. The van der Waals surface area contributed by atoms with Gasteiger partial charge in [-0.3, -0.25) is 14.6 Å². The predicted molar refractivity (Wildman–Crippen MR) is 125 cm³/mol. The fourth-order valence-corrected chi connectivity index (χ4v) is 6.41. The Morgan fingerprint density at radius 1 is 1.25 bits per heavy atom. The molecule has 0 saturated heterocycles. The Labute approximate surface area is 189 Å². The number of fused-ring (bicyclic) bond motifs is 3. The summed E-state index contributed by atoms with van der Waals surface area (Å²) in [4.78, 5) is 45.8. The first-order valence-electron chi connectivity index (χ1n) is 11.2. The number of carbonyl (C=O) groups excluding carboxylic acids is 1. The third kappa shape index (κ3) is 3.56. The highest BCUT2D eigenvalue weighted by Crippen LogP contribution is 2.35. The molecule has 2 aromatic heterocycles. The van der Waals surface area contributed by atoms with E-state index in [0.717, 1.165) is 29.7 Å². The van der Waals surface area contributed by atoms with Crippen LogP contribution >= 0.6 is 11.3 Å². The lowest BCUT2D eigenvalue weighted by molar-refractivity contribution is -0.138. The quantitative estimate of drug-likeness (QED) is 0.658. The van der Waals surface area contributed by atoms with Gasteiger partial charge in [-0.1, -0.05) is 25.8 Å². The molecule has 1 aliphatic heterocycles. The zero-order valence-electron chi connectivity index (χ0n) is 18.3. The number of hydrogen-bond donors (Lipinski definition) is 1.